The summed E-state index contributed by atoms with van der Waals surface area (Å²) >= 11 is 5.93. The summed E-state index contributed by atoms with van der Waals surface area (Å²) in [5.41, 5.74) is 1.15. The van der Waals surface area contributed by atoms with E-state index in [0.717, 1.165) is 0 Å². The minimum absolute atomic E-state index is 0.263. The number of aromatic nitrogens is 4. The molecule has 0 bridgehead atoms. The normalized spacial score (nSPS) is 11.0. The molecule has 3 aromatic rings. The van der Waals surface area contributed by atoms with Gasteiger partial charge < -0.3 is 0 Å². The van der Waals surface area contributed by atoms with E-state index in [4.69, 9.17) is 11.6 Å². The number of hydrogen-bond donors (Lipinski definition) is 0. The third-order valence-electron chi connectivity index (χ3n) is 2.66. The first kappa shape index (κ1) is 11.1. The Morgan fingerprint density at radius 2 is 2.06 bits per heavy atom. The van der Waals surface area contributed by atoms with Crippen molar-refractivity contribution in [2.75, 3.05) is 0 Å². The molecule has 18 heavy (non-hydrogen) atoms. The van der Waals surface area contributed by atoms with Gasteiger partial charge in [0.1, 0.15) is 17.3 Å². The molecule has 90 valence electrons. The molecule has 0 aliphatic carbocycles. The lowest BCUT2D eigenvalue weighted by molar-refractivity contribution is 0.589. The molecule has 3 rings (SSSR count). The second-order valence-electron chi connectivity index (χ2n) is 3.80. The molecule has 0 spiro atoms. The predicted molar refractivity (Wildman–Crippen MR) is 65.8 cm³/mol. The summed E-state index contributed by atoms with van der Waals surface area (Å²) in [4.78, 5) is 7.98. The van der Waals surface area contributed by atoms with E-state index in [1.165, 1.54) is 12.4 Å². The predicted octanol–water partition coefficient (Wildman–Crippen LogP) is 2.67. The number of rotatable bonds is 2. The number of hydrogen-bond acceptors (Lipinski definition) is 3. The van der Waals surface area contributed by atoms with Crippen LogP contribution in [0.3, 0.4) is 0 Å². The zero-order valence-corrected chi connectivity index (χ0v) is 9.97. The minimum atomic E-state index is -0.263. The molecule has 2 aromatic heterocycles. The van der Waals surface area contributed by atoms with E-state index >= 15 is 0 Å². The summed E-state index contributed by atoms with van der Waals surface area (Å²) in [5, 5.41) is 5.17. The molecule has 0 aliphatic heterocycles. The van der Waals surface area contributed by atoms with E-state index < -0.39 is 0 Å². The average Bonchev–Trinajstić information content (AvgIpc) is 2.77. The maximum absolute atomic E-state index is 13.6. The van der Waals surface area contributed by atoms with Gasteiger partial charge in [-0.3, -0.25) is 0 Å². The van der Waals surface area contributed by atoms with Crippen LogP contribution < -0.4 is 0 Å². The molecule has 6 heteroatoms. The van der Waals surface area contributed by atoms with E-state index in [2.05, 4.69) is 15.1 Å². The largest absolute Gasteiger partial charge is 0.243 e. The standard InChI is InChI=1S/C12H8ClFN4/c13-11-9-5-17-18(12(9)16-7-15-11)6-8-3-1-2-4-10(8)14/h1-5,7H,6H2. The van der Waals surface area contributed by atoms with Crippen LogP contribution in [0.5, 0.6) is 0 Å². The van der Waals surface area contributed by atoms with Crippen LogP contribution in [-0.4, -0.2) is 19.7 Å². The van der Waals surface area contributed by atoms with Crippen molar-refractivity contribution in [3.63, 3.8) is 0 Å². The van der Waals surface area contributed by atoms with Crippen LogP contribution in [0.2, 0.25) is 5.15 Å². The highest BCUT2D eigenvalue weighted by Crippen LogP contribution is 2.19. The molecule has 0 amide bonds. The van der Waals surface area contributed by atoms with Crippen LogP contribution in [0, 0.1) is 5.82 Å². The Morgan fingerprint density at radius 3 is 2.89 bits per heavy atom. The molecule has 0 aliphatic rings. The second kappa shape index (κ2) is 4.34. The van der Waals surface area contributed by atoms with Gasteiger partial charge in [0, 0.05) is 5.56 Å². The zero-order valence-electron chi connectivity index (χ0n) is 9.22. The van der Waals surface area contributed by atoms with Crippen LogP contribution in [0.25, 0.3) is 11.0 Å². The first-order chi connectivity index (χ1) is 8.75. The highest BCUT2D eigenvalue weighted by molar-refractivity contribution is 6.33. The van der Waals surface area contributed by atoms with Crippen molar-refractivity contribution in [3.8, 4) is 0 Å². The quantitative estimate of drug-likeness (QED) is 0.667. The van der Waals surface area contributed by atoms with Crippen molar-refractivity contribution >= 4 is 22.6 Å². The lowest BCUT2D eigenvalue weighted by Gasteiger charge is -2.04. The Kier molecular flexibility index (Phi) is 2.68. The van der Waals surface area contributed by atoms with Crippen molar-refractivity contribution < 1.29 is 4.39 Å². The summed E-state index contributed by atoms with van der Waals surface area (Å²) in [5.74, 6) is -0.263. The van der Waals surface area contributed by atoms with Crippen LogP contribution in [0.1, 0.15) is 5.56 Å². The fourth-order valence-corrected chi connectivity index (χ4v) is 1.95. The van der Waals surface area contributed by atoms with Gasteiger partial charge in [0.25, 0.3) is 0 Å². The first-order valence-corrected chi connectivity index (χ1v) is 5.69. The first-order valence-electron chi connectivity index (χ1n) is 5.31. The topological polar surface area (TPSA) is 43.6 Å². The molecule has 0 saturated heterocycles. The molecule has 0 radical (unpaired) electrons. The van der Waals surface area contributed by atoms with E-state index in [1.807, 2.05) is 0 Å². The lowest BCUT2D eigenvalue weighted by Crippen LogP contribution is -2.04. The molecule has 0 atom stereocenters. The van der Waals surface area contributed by atoms with Gasteiger partial charge in [-0.05, 0) is 6.07 Å². The van der Waals surface area contributed by atoms with Gasteiger partial charge >= 0.3 is 0 Å². The van der Waals surface area contributed by atoms with Crippen molar-refractivity contribution in [2.24, 2.45) is 0 Å². The molecule has 0 fully saturated rings. The molecule has 4 nitrogen and oxygen atoms in total. The van der Waals surface area contributed by atoms with Crippen LogP contribution >= 0.6 is 11.6 Å². The molecule has 0 N–H and O–H groups in total. The highest BCUT2D eigenvalue weighted by atomic mass is 35.5. The van der Waals surface area contributed by atoms with Gasteiger partial charge in [-0.2, -0.15) is 5.10 Å². The monoisotopic (exact) mass is 262 g/mol. The zero-order chi connectivity index (χ0) is 12.5. The number of benzene rings is 1. The maximum Gasteiger partial charge on any atom is 0.162 e. The Bertz CT molecular complexity index is 710. The van der Waals surface area contributed by atoms with Crippen LogP contribution in [0.4, 0.5) is 4.39 Å². The smallest absolute Gasteiger partial charge is 0.162 e. The summed E-state index contributed by atoms with van der Waals surface area (Å²) in [7, 11) is 0. The van der Waals surface area contributed by atoms with Crippen LogP contribution in [-0.2, 0) is 6.54 Å². The van der Waals surface area contributed by atoms with Gasteiger partial charge in [0.15, 0.2) is 5.65 Å². The summed E-state index contributed by atoms with van der Waals surface area (Å²) in [6.45, 7) is 0.309. The molecular formula is C12H8ClFN4. The van der Waals surface area contributed by atoms with Gasteiger partial charge in [-0.25, -0.2) is 19.0 Å². The van der Waals surface area contributed by atoms with Crippen molar-refractivity contribution in [1.82, 2.24) is 19.7 Å². The fraction of sp³-hybridized carbons (Fsp3) is 0.0833. The van der Waals surface area contributed by atoms with E-state index in [1.54, 1.807) is 29.1 Å². The highest BCUT2D eigenvalue weighted by Gasteiger charge is 2.09. The minimum Gasteiger partial charge on any atom is -0.243 e. The molecule has 1 aromatic carbocycles. The van der Waals surface area contributed by atoms with Crippen molar-refractivity contribution in [2.45, 2.75) is 6.54 Å². The van der Waals surface area contributed by atoms with Crippen molar-refractivity contribution in [1.29, 1.82) is 0 Å². The summed E-state index contributed by atoms with van der Waals surface area (Å²) < 4.78 is 15.2. The molecule has 0 saturated carbocycles. The third-order valence-corrected chi connectivity index (χ3v) is 2.96. The summed E-state index contributed by atoms with van der Waals surface area (Å²) in [6, 6.07) is 6.57. The third kappa shape index (κ3) is 1.82. The second-order valence-corrected chi connectivity index (χ2v) is 4.15. The average molecular weight is 263 g/mol. The molecule has 2 heterocycles. The van der Waals surface area contributed by atoms with E-state index in [0.29, 0.717) is 28.3 Å². The van der Waals surface area contributed by atoms with Gasteiger partial charge in [-0.15, -0.1) is 0 Å². The van der Waals surface area contributed by atoms with Gasteiger partial charge in [0.2, 0.25) is 0 Å². The van der Waals surface area contributed by atoms with Crippen molar-refractivity contribution in [3.05, 3.63) is 53.3 Å². The summed E-state index contributed by atoms with van der Waals surface area (Å²) in [6.07, 6.45) is 2.95. The Morgan fingerprint density at radius 1 is 1.22 bits per heavy atom. The Labute approximate surface area is 107 Å². The fourth-order valence-electron chi connectivity index (χ4n) is 1.77. The molecular weight excluding hydrogens is 255 g/mol. The number of fused-ring (bicyclic) bond motifs is 1. The van der Waals surface area contributed by atoms with Gasteiger partial charge in [-0.1, -0.05) is 29.8 Å². The van der Waals surface area contributed by atoms with E-state index in [-0.39, 0.29) is 5.82 Å². The SMILES string of the molecule is Fc1ccccc1Cn1ncc2c(Cl)ncnc21. The lowest BCUT2D eigenvalue weighted by atomic mass is 10.2. The van der Waals surface area contributed by atoms with Crippen LogP contribution in [0.15, 0.2) is 36.8 Å². The maximum atomic E-state index is 13.6. The number of halogens is 2. The van der Waals surface area contributed by atoms with E-state index in [9.17, 15) is 4.39 Å². The Hall–Kier alpha value is -2.01. The molecule has 0 unspecified atom stereocenters. The Balaban J connectivity index is 2.06. The van der Waals surface area contributed by atoms with Gasteiger partial charge in [0.05, 0.1) is 18.1 Å². The number of nitrogens with zero attached hydrogens (tertiary/aromatic N) is 4.